The number of amides is 1. The van der Waals surface area contributed by atoms with Crippen molar-refractivity contribution in [1.82, 2.24) is 15.2 Å². The van der Waals surface area contributed by atoms with E-state index in [-0.39, 0.29) is 5.91 Å². The second kappa shape index (κ2) is 9.20. The molecule has 0 atom stereocenters. The van der Waals surface area contributed by atoms with Gasteiger partial charge in [-0.3, -0.25) is 9.69 Å². The molecular formula is C23H30N4O. The van der Waals surface area contributed by atoms with E-state index in [1.54, 1.807) is 6.20 Å². The molecule has 0 radical (unpaired) electrons. The number of carbonyl (C=O) groups is 1. The van der Waals surface area contributed by atoms with Crippen molar-refractivity contribution < 1.29 is 4.79 Å². The number of rotatable bonds is 5. The van der Waals surface area contributed by atoms with E-state index in [1.807, 2.05) is 12.1 Å². The lowest BCUT2D eigenvalue weighted by atomic mass is 9.95. The number of aromatic nitrogens is 1. The Bertz CT molecular complexity index is 748. The SMILES string of the molecule is O=C(NC1CCCCC1)c1ccc(N2CCN(Cc3ccccc3)CC2)nc1. The minimum absolute atomic E-state index is 0.0126. The molecular weight excluding hydrogens is 348 g/mol. The predicted octanol–water partition coefficient (Wildman–Crippen LogP) is 3.47. The molecule has 1 aliphatic heterocycles. The van der Waals surface area contributed by atoms with Crippen molar-refractivity contribution in [1.29, 1.82) is 0 Å². The van der Waals surface area contributed by atoms with Crippen LogP contribution in [0.2, 0.25) is 0 Å². The minimum atomic E-state index is 0.0126. The maximum absolute atomic E-state index is 12.4. The van der Waals surface area contributed by atoms with Crippen LogP contribution in [0, 0.1) is 0 Å². The topological polar surface area (TPSA) is 48.5 Å². The van der Waals surface area contributed by atoms with E-state index in [1.165, 1.54) is 24.8 Å². The molecule has 1 N–H and O–H groups in total. The molecule has 0 spiro atoms. The van der Waals surface area contributed by atoms with Gasteiger partial charge >= 0.3 is 0 Å². The second-order valence-electron chi connectivity index (χ2n) is 7.96. The summed E-state index contributed by atoms with van der Waals surface area (Å²) in [6.45, 7) is 4.99. The van der Waals surface area contributed by atoms with Gasteiger partial charge in [-0.1, -0.05) is 49.6 Å². The molecule has 1 saturated heterocycles. The van der Waals surface area contributed by atoms with Gasteiger partial charge in [0.1, 0.15) is 5.82 Å². The predicted molar refractivity (Wildman–Crippen MR) is 113 cm³/mol. The number of anilines is 1. The Kier molecular flexibility index (Phi) is 6.22. The van der Waals surface area contributed by atoms with Crippen LogP contribution in [-0.4, -0.2) is 48.0 Å². The molecule has 148 valence electrons. The lowest BCUT2D eigenvalue weighted by Crippen LogP contribution is -2.46. The van der Waals surface area contributed by atoms with Crippen LogP contribution in [0.5, 0.6) is 0 Å². The third kappa shape index (κ3) is 4.90. The molecule has 0 unspecified atom stereocenters. The number of hydrogen-bond acceptors (Lipinski definition) is 4. The molecule has 1 aromatic carbocycles. The molecule has 1 aliphatic carbocycles. The van der Waals surface area contributed by atoms with Crippen molar-refractivity contribution in [3.63, 3.8) is 0 Å². The fourth-order valence-corrected chi connectivity index (χ4v) is 4.20. The summed E-state index contributed by atoms with van der Waals surface area (Å²) in [7, 11) is 0. The highest BCUT2D eigenvalue weighted by atomic mass is 16.1. The molecule has 28 heavy (non-hydrogen) atoms. The van der Waals surface area contributed by atoms with Gasteiger partial charge < -0.3 is 10.2 Å². The summed E-state index contributed by atoms with van der Waals surface area (Å²) < 4.78 is 0. The van der Waals surface area contributed by atoms with Crippen LogP contribution in [0.1, 0.15) is 48.0 Å². The highest BCUT2D eigenvalue weighted by molar-refractivity contribution is 5.94. The van der Waals surface area contributed by atoms with Crippen LogP contribution < -0.4 is 10.2 Å². The molecule has 5 nitrogen and oxygen atoms in total. The first-order chi connectivity index (χ1) is 13.8. The maximum Gasteiger partial charge on any atom is 0.253 e. The summed E-state index contributed by atoms with van der Waals surface area (Å²) >= 11 is 0. The minimum Gasteiger partial charge on any atom is -0.354 e. The van der Waals surface area contributed by atoms with Crippen LogP contribution in [0.15, 0.2) is 48.7 Å². The molecule has 2 heterocycles. The number of pyridine rings is 1. The lowest BCUT2D eigenvalue weighted by Gasteiger charge is -2.35. The molecule has 0 bridgehead atoms. The maximum atomic E-state index is 12.4. The van der Waals surface area contributed by atoms with E-state index < -0.39 is 0 Å². The zero-order chi connectivity index (χ0) is 19.2. The van der Waals surface area contributed by atoms with Gasteiger partial charge in [-0.2, -0.15) is 0 Å². The zero-order valence-corrected chi connectivity index (χ0v) is 16.5. The largest absolute Gasteiger partial charge is 0.354 e. The highest BCUT2D eigenvalue weighted by Gasteiger charge is 2.20. The second-order valence-corrected chi connectivity index (χ2v) is 7.96. The third-order valence-electron chi connectivity index (χ3n) is 5.90. The van der Waals surface area contributed by atoms with E-state index >= 15 is 0 Å². The van der Waals surface area contributed by atoms with E-state index in [0.29, 0.717) is 11.6 Å². The monoisotopic (exact) mass is 378 g/mol. The van der Waals surface area contributed by atoms with Crippen molar-refractivity contribution in [3.05, 3.63) is 59.8 Å². The van der Waals surface area contributed by atoms with Crippen LogP contribution in [-0.2, 0) is 6.54 Å². The smallest absolute Gasteiger partial charge is 0.253 e. The Labute approximate surface area is 167 Å². The molecule has 1 aromatic heterocycles. The number of nitrogens with zero attached hydrogens (tertiary/aromatic N) is 3. The van der Waals surface area contributed by atoms with E-state index in [9.17, 15) is 4.79 Å². The Balaban J connectivity index is 1.28. The number of carbonyl (C=O) groups excluding carboxylic acids is 1. The van der Waals surface area contributed by atoms with Crippen molar-refractivity contribution in [2.75, 3.05) is 31.1 Å². The van der Waals surface area contributed by atoms with E-state index in [4.69, 9.17) is 0 Å². The first kappa shape index (κ1) is 18.9. The van der Waals surface area contributed by atoms with Crippen molar-refractivity contribution in [2.24, 2.45) is 0 Å². The Hall–Kier alpha value is -2.40. The summed E-state index contributed by atoms with van der Waals surface area (Å²) in [5, 5.41) is 3.16. The standard InChI is InChI=1S/C23H30N4O/c28-23(25-21-9-5-2-6-10-21)20-11-12-22(24-17-20)27-15-13-26(14-16-27)18-19-7-3-1-4-8-19/h1,3-4,7-8,11-12,17,21H,2,5-6,9-10,13-16,18H2,(H,25,28). The quantitative estimate of drug-likeness (QED) is 0.866. The first-order valence-electron chi connectivity index (χ1n) is 10.6. The van der Waals surface area contributed by atoms with Crippen LogP contribution >= 0.6 is 0 Å². The average Bonchev–Trinajstić information content (AvgIpc) is 2.76. The lowest BCUT2D eigenvalue weighted by molar-refractivity contribution is 0.0927. The van der Waals surface area contributed by atoms with Gasteiger partial charge in [-0.15, -0.1) is 0 Å². The summed E-state index contributed by atoms with van der Waals surface area (Å²) in [6.07, 6.45) is 7.66. The molecule has 5 heteroatoms. The molecule has 2 fully saturated rings. The normalized spacial score (nSPS) is 18.8. The van der Waals surface area contributed by atoms with Crippen molar-refractivity contribution in [2.45, 2.75) is 44.7 Å². The molecule has 2 aromatic rings. The van der Waals surface area contributed by atoms with Crippen molar-refractivity contribution in [3.8, 4) is 0 Å². The van der Waals surface area contributed by atoms with Crippen molar-refractivity contribution >= 4 is 11.7 Å². The van der Waals surface area contributed by atoms with Gasteiger partial charge in [-0.25, -0.2) is 4.98 Å². The number of benzene rings is 1. The Morgan fingerprint density at radius 1 is 0.964 bits per heavy atom. The highest BCUT2D eigenvalue weighted by Crippen LogP contribution is 2.19. The summed E-state index contributed by atoms with van der Waals surface area (Å²) in [5.74, 6) is 0.979. The number of nitrogens with one attached hydrogen (secondary N) is 1. The molecule has 2 aliphatic rings. The molecule has 4 rings (SSSR count). The molecule has 1 amide bonds. The van der Waals surface area contributed by atoms with Crippen LogP contribution in [0.4, 0.5) is 5.82 Å². The zero-order valence-electron chi connectivity index (χ0n) is 16.5. The summed E-state index contributed by atoms with van der Waals surface area (Å²) in [5.41, 5.74) is 2.03. The van der Waals surface area contributed by atoms with E-state index in [2.05, 4.69) is 50.4 Å². The van der Waals surface area contributed by atoms with Gasteiger partial charge in [-0.05, 0) is 30.5 Å². The third-order valence-corrected chi connectivity index (χ3v) is 5.90. The average molecular weight is 379 g/mol. The summed E-state index contributed by atoms with van der Waals surface area (Å²) in [6, 6.07) is 14.9. The molecule has 1 saturated carbocycles. The van der Waals surface area contributed by atoms with Gasteiger partial charge in [0.25, 0.3) is 5.91 Å². The fourth-order valence-electron chi connectivity index (χ4n) is 4.20. The van der Waals surface area contributed by atoms with Gasteiger partial charge in [0.15, 0.2) is 0 Å². The Morgan fingerprint density at radius 3 is 2.39 bits per heavy atom. The Morgan fingerprint density at radius 2 is 1.71 bits per heavy atom. The van der Waals surface area contributed by atoms with E-state index in [0.717, 1.165) is 51.4 Å². The number of piperazine rings is 1. The summed E-state index contributed by atoms with van der Waals surface area (Å²) in [4.78, 5) is 21.8. The number of hydrogen-bond donors (Lipinski definition) is 1. The van der Waals surface area contributed by atoms with Gasteiger partial charge in [0, 0.05) is 45.0 Å². The van der Waals surface area contributed by atoms with Gasteiger partial charge in [0.2, 0.25) is 0 Å². The van der Waals surface area contributed by atoms with Gasteiger partial charge in [0.05, 0.1) is 5.56 Å². The fraction of sp³-hybridized carbons (Fsp3) is 0.478. The van der Waals surface area contributed by atoms with Crippen LogP contribution in [0.25, 0.3) is 0 Å². The first-order valence-corrected chi connectivity index (χ1v) is 10.6. The van der Waals surface area contributed by atoms with Crippen LogP contribution in [0.3, 0.4) is 0 Å².